The summed E-state index contributed by atoms with van der Waals surface area (Å²) in [7, 11) is 3.69. The third-order valence-electron chi connectivity index (χ3n) is 2.80. The minimum absolute atomic E-state index is 0.0144. The highest BCUT2D eigenvalue weighted by molar-refractivity contribution is 4.97. The molecule has 86 valence electrons. The van der Waals surface area contributed by atoms with E-state index in [0.717, 1.165) is 18.7 Å². The molecule has 0 aliphatic carbocycles. The number of nitrogens with zero attached hydrogens (tertiary/aromatic N) is 2. The van der Waals surface area contributed by atoms with E-state index in [0.29, 0.717) is 0 Å². The smallest absolute Gasteiger partial charge is 0.125 e. The highest BCUT2D eigenvalue weighted by Gasteiger charge is 2.19. The molecule has 0 aromatic carbocycles. The van der Waals surface area contributed by atoms with Crippen molar-refractivity contribution in [3.05, 3.63) is 18.2 Å². The number of nitrogens with two attached hydrogens (primary N) is 1. The van der Waals surface area contributed by atoms with Gasteiger partial charge in [0.2, 0.25) is 0 Å². The van der Waals surface area contributed by atoms with Crippen LogP contribution in [-0.4, -0.2) is 22.3 Å². The summed E-state index contributed by atoms with van der Waals surface area (Å²) in [4.78, 5) is 4.24. The van der Waals surface area contributed by atoms with E-state index in [4.69, 9.17) is 10.5 Å². The van der Waals surface area contributed by atoms with E-state index in [1.54, 1.807) is 13.3 Å². The van der Waals surface area contributed by atoms with Crippen LogP contribution in [0.3, 0.4) is 0 Å². The fourth-order valence-electron chi connectivity index (χ4n) is 1.47. The third kappa shape index (κ3) is 3.32. The fourth-order valence-corrected chi connectivity index (χ4v) is 1.47. The maximum Gasteiger partial charge on any atom is 0.125 e. The summed E-state index contributed by atoms with van der Waals surface area (Å²) in [6.45, 7) is 4.14. The van der Waals surface area contributed by atoms with Crippen LogP contribution in [0.1, 0.15) is 38.6 Å². The van der Waals surface area contributed by atoms with Crippen LogP contribution in [0.4, 0.5) is 0 Å². The molecule has 0 radical (unpaired) electrons. The Morgan fingerprint density at radius 2 is 2.27 bits per heavy atom. The highest BCUT2D eigenvalue weighted by atomic mass is 16.5. The van der Waals surface area contributed by atoms with Crippen LogP contribution in [0.2, 0.25) is 0 Å². The van der Waals surface area contributed by atoms with E-state index in [1.807, 2.05) is 17.8 Å². The van der Waals surface area contributed by atoms with Crippen molar-refractivity contribution in [1.29, 1.82) is 0 Å². The molecule has 0 fully saturated rings. The topological polar surface area (TPSA) is 53.1 Å². The summed E-state index contributed by atoms with van der Waals surface area (Å²) >= 11 is 0. The van der Waals surface area contributed by atoms with Gasteiger partial charge in [-0.2, -0.15) is 0 Å². The lowest BCUT2D eigenvalue weighted by atomic mass is 9.99. The second-order valence-electron chi connectivity index (χ2n) is 4.51. The van der Waals surface area contributed by atoms with Crippen LogP contribution >= 0.6 is 0 Å². The predicted molar refractivity (Wildman–Crippen MR) is 60.5 cm³/mol. The molecule has 0 saturated heterocycles. The van der Waals surface area contributed by atoms with E-state index in [-0.39, 0.29) is 11.6 Å². The normalized spacial score (nSPS) is 14.2. The van der Waals surface area contributed by atoms with Gasteiger partial charge in [-0.05, 0) is 26.7 Å². The first-order chi connectivity index (χ1) is 6.96. The Labute approximate surface area is 91.4 Å². The summed E-state index contributed by atoms with van der Waals surface area (Å²) in [6, 6.07) is -0.0144. The number of aromatic nitrogens is 2. The average molecular weight is 211 g/mol. The molecule has 0 aliphatic heterocycles. The molecule has 4 heteroatoms. The monoisotopic (exact) mass is 211 g/mol. The van der Waals surface area contributed by atoms with Gasteiger partial charge in [-0.25, -0.2) is 4.98 Å². The molecule has 1 unspecified atom stereocenters. The van der Waals surface area contributed by atoms with Crippen molar-refractivity contribution in [1.82, 2.24) is 9.55 Å². The molecular weight excluding hydrogens is 190 g/mol. The van der Waals surface area contributed by atoms with E-state index in [9.17, 15) is 0 Å². The van der Waals surface area contributed by atoms with Gasteiger partial charge in [-0.15, -0.1) is 0 Å². The standard InChI is InChI=1S/C11H21N3O/c1-11(2,15-4)6-5-9(12)10-13-7-8-14(10)3/h7-9H,5-6,12H2,1-4H3. The third-order valence-corrected chi connectivity index (χ3v) is 2.80. The number of hydrogen-bond donors (Lipinski definition) is 1. The van der Waals surface area contributed by atoms with Crippen molar-refractivity contribution in [2.45, 2.75) is 38.3 Å². The minimum Gasteiger partial charge on any atom is -0.379 e. The number of imidazole rings is 1. The van der Waals surface area contributed by atoms with Gasteiger partial charge in [-0.3, -0.25) is 0 Å². The summed E-state index contributed by atoms with van der Waals surface area (Å²) in [5, 5.41) is 0. The van der Waals surface area contributed by atoms with Crippen LogP contribution in [-0.2, 0) is 11.8 Å². The SMILES string of the molecule is COC(C)(C)CCC(N)c1nccn1C. The van der Waals surface area contributed by atoms with Crippen molar-refractivity contribution < 1.29 is 4.74 Å². The van der Waals surface area contributed by atoms with Crippen molar-refractivity contribution in [2.75, 3.05) is 7.11 Å². The van der Waals surface area contributed by atoms with E-state index in [1.165, 1.54) is 0 Å². The van der Waals surface area contributed by atoms with E-state index < -0.39 is 0 Å². The Hall–Kier alpha value is -0.870. The Bertz CT molecular complexity index is 307. The molecule has 1 heterocycles. The van der Waals surface area contributed by atoms with Crippen LogP contribution in [0.5, 0.6) is 0 Å². The van der Waals surface area contributed by atoms with Gasteiger partial charge in [0.15, 0.2) is 0 Å². The van der Waals surface area contributed by atoms with Crippen molar-refractivity contribution >= 4 is 0 Å². The maximum atomic E-state index is 6.06. The Balaban J connectivity index is 2.50. The highest BCUT2D eigenvalue weighted by Crippen LogP contribution is 2.21. The number of methoxy groups -OCH3 is 1. The molecule has 4 nitrogen and oxygen atoms in total. The van der Waals surface area contributed by atoms with Crippen molar-refractivity contribution in [3.8, 4) is 0 Å². The molecule has 0 saturated carbocycles. The van der Waals surface area contributed by atoms with Crippen LogP contribution < -0.4 is 5.73 Å². The van der Waals surface area contributed by atoms with E-state index in [2.05, 4.69) is 18.8 Å². The molecule has 1 aromatic heterocycles. The van der Waals surface area contributed by atoms with Crippen LogP contribution in [0, 0.1) is 0 Å². The summed E-state index contributed by atoms with van der Waals surface area (Å²) in [5.74, 6) is 0.932. The largest absolute Gasteiger partial charge is 0.379 e. The summed E-state index contributed by atoms with van der Waals surface area (Å²) in [6.07, 6.45) is 5.50. The quantitative estimate of drug-likeness (QED) is 0.805. The minimum atomic E-state index is -0.108. The fraction of sp³-hybridized carbons (Fsp3) is 0.727. The Kier molecular flexibility index (Phi) is 3.88. The van der Waals surface area contributed by atoms with Gasteiger partial charge in [-0.1, -0.05) is 0 Å². The predicted octanol–water partition coefficient (Wildman–Crippen LogP) is 1.63. The Morgan fingerprint density at radius 3 is 2.73 bits per heavy atom. The van der Waals surface area contributed by atoms with Gasteiger partial charge < -0.3 is 15.0 Å². The lowest BCUT2D eigenvalue weighted by Gasteiger charge is -2.24. The molecule has 0 spiro atoms. The lowest BCUT2D eigenvalue weighted by Crippen LogP contribution is -2.25. The van der Waals surface area contributed by atoms with Gasteiger partial charge in [0.25, 0.3) is 0 Å². The summed E-state index contributed by atoms with van der Waals surface area (Å²) in [5.41, 5.74) is 5.95. The maximum absolute atomic E-state index is 6.06. The molecule has 15 heavy (non-hydrogen) atoms. The molecule has 0 bridgehead atoms. The van der Waals surface area contributed by atoms with E-state index >= 15 is 0 Å². The number of ether oxygens (including phenoxy) is 1. The zero-order chi connectivity index (χ0) is 11.5. The number of aryl methyl sites for hydroxylation is 1. The second-order valence-corrected chi connectivity index (χ2v) is 4.51. The van der Waals surface area contributed by atoms with Gasteiger partial charge in [0.1, 0.15) is 5.82 Å². The zero-order valence-electron chi connectivity index (χ0n) is 10.0. The molecule has 1 aromatic rings. The average Bonchev–Trinajstić information content (AvgIpc) is 2.61. The Morgan fingerprint density at radius 1 is 1.60 bits per heavy atom. The summed E-state index contributed by atoms with van der Waals surface area (Å²) < 4.78 is 7.32. The zero-order valence-corrected chi connectivity index (χ0v) is 10.0. The molecule has 2 N–H and O–H groups in total. The lowest BCUT2D eigenvalue weighted by molar-refractivity contribution is 0.0123. The molecule has 1 rings (SSSR count). The second kappa shape index (κ2) is 4.77. The first-order valence-corrected chi connectivity index (χ1v) is 5.24. The van der Waals surface area contributed by atoms with Crippen LogP contribution in [0.25, 0.3) is 0 Å². The van der Waals surface area contributed by atoms with Gasteiger partial charge in [0.05, 0.1) is 11.6 Å². The molecule has 0 aliphatic rings. The first kappa shape index (κ1) is 12.2. The molecule has 0 amide bonds. The molecule has 1 atom stereocenters. The first-order valence-electron chi connectivity index (χ1n) is 5.24. The molecular formula is C11H21N3O. The van der Waals surface area contributed by atoms with Crippen molar-refractivity contribution in [3.63, 3.8) is 0 Å². The van der Waals surface area contributed by atoms with Gasteiger partial charge >= 0.3 is 0 Å². The van der Waals surface area contributed by atoms with Crippen LogP contribution in [0.15, 0.2) is 12.4 Å². The van der Waals surface area contributed by atoms with Gasteiger partial charge in [0, 0.05) is 26.6 Å². The number of rotatable bonds is 5. The number of hydrogen-bond acceptors (Lipinski definition) is 3. The van der Waals surface area contributed by atoms with Crippen molar-refractivity contribution in [2.24, 2.45) is 12.8 Å².